The highest BCUT2D eigenvalue weighted by atomic mass is 32.2. The van der Waals surface area contributed by atoms with Gasteiger partial charge < -0.3 is 14.8 Å². The number of para-hydroxylation sites is 1. The Labute approximate surface area is 194 Å². The van der Waals surface area contributed by atoms with Crippen LogP contribution in [0.4, 0.5) is 5.82 Å². The molecular weight excluding hydrogens is 464 g/mol. The fourth-order valence-electron chi connectivity index (χ4n) is 3.23. The van der Waals surface area contributed by atoms with E-state index in [2.05, 4.69) is 15.4 Å². The van der Waals surface area contributed by atoms with Gasteiger partial charge in [0.1, 0.15) is 28.6 Å². The molecule has 0 atom stereocenters. The summed E-state index contributed by atoms with van der Waals surface area (Å²) < 4.78 is 38.4. The SMILES string of the molecule is CCOc1cccc2sc(-n3nc(C)cc3NC(=O)CS(=O)(=O)c3ccc(OC)cc3)nc12. The maximum atomic E-state index is 12.7. The van der Waals surface area contributed by atoms with E-state index in [9.17, 15) is 13.2 Å². The van der Waals surface area contributed by atoms with E-state index in [1.165, 1.54) is 47.4 Å². The van der Waals surface area contributed by atoms with Crippen molar-refractivity contribution in [3.8, 4) is 16.6 Å². The second-order valence-corrected chi connectivity index (χ2v) is 10.1. The number of anilines is 1. The lowest BCUT2D eigenvalue weighted by Crippen LogP contribution is -2.24. The number of carbonyl (C=O) groups excluding carboxylic acids is 1. The van der Waals surface area contributed by atoms with Gasteiger partial charge in [-0.25, -0.2) is 13.4 Å². The minimum absolute atomic E-state index is 0.0396. The first-order valence-electron chi connectivity index (χ1n) is 10.1. The van der Waals surface area contributed by atoms with Crippen LogP contribution >= 0.6 is 11.3 Å². The van der Waals surface area contributed by atoms with Gasteiger partial charge in [0.25, 0.3) is 0 Å². The summed E-state index contributed by atoms with van der Waals surface area (Å²) in [6, 6.07) is 13.2. The smallest absolute Gasteiger partial charge is 0.241 e. The van der Waals surface area contributed by atoms with Crippen molar-refractivity contribution < 1.29 is 22.7 Å². The molecule has 1 N–H and O–H groups in total. The number of hydrogen-bond acceptors (Lipinski definition) is 8. The van der Waals surface area contributed by atoms with Crippen LogP contribution in [0.1, 0.15) is 12.6 Å². The summed E-state index contributed by atoms with van der Waals surface area (Å²) in [5.41, 5.74) is 1.35. The standard InChI is InChI=1S/C22H22N4O5S2/c1-4-31-17-6-5-7-18-21(17)24-22(32-18)26-19(12-14(2)25-26)23-20(27)13-33(28,29)16-10-8-15(30-3)9-11-16/h5-12H,4,13H2,1-3H3,(H,23,27). The van der Waals surface area contributed by atoms with Gasteiger partial charge in [-0.2, -0.15) is 9.78 Å². The number of nitrogens with one attached hydrogen (secondary N) is 1. The van der Waals surface area contributed by atoms with E-state index in [0.29, 0.717) is 40.3 Å². The zero-order valence-corrected chi connectivity index (χ0v) is 19.9. The Morgan fingerprint density at radius 3 is 2.64 bits per heavy atom. The summed E-state index contributed by atoms with van der Waals surface area (Å²) in [5, 5.41) is 7.61. The predicted molar refractivity (Wildman–Crippen MR) is 126 cm³/mol. The number of hydrogen-bond donors (Lipinski definition) is 1. The Kier molecular flexibility index (Phi) is 6.34. The molecule has 0 saturated heterocycles. The maximum Gasteiger partial charge on any atom is 0.241 e. The first kappa shape index (κ1) is 22.7. The Balaban J connectivity index is 1.58. The van der Waals surface area contributed by atoms with Gasteiger partial charge in [-0.15, -0.1) is 0 Å². The number of thiazole rings is 1. The van der Waals surface area contributed by atoms with E-state index in [0.717, 1.165) is 4.70 Å². The number of fused-ring (bicyclic) bond motifs is 1. The molecule has 0 aliphatic rings. The van der Waals surface area contributed by atoms with Gasteiger partial charge in [-0.3, -0.25) is 4.79 Å². The Morgan fingerprint density at radius 1 is 1.18 bits per heavy atom. The maximum absolute atomic E-state index is 12.7. The molecule has 11 heteroatoms. The third-order valence-corrected chi connectivity index (χ3v) is 7.32. The first-order valence-corrected chi connectivity index (χ1v) is 12.5. The van der Waals surface area contributed by atoms with Crippen molar-refractivity contribution in [2.45, 2.75) is 18.7 Å². The summed E-state index contributed by atoms with van der Waals surface area (Å²) in [4.78, 5) is 17.3. The molecule has 0 unspecified atom stereocenters. The molecule has 2 heterocycles. The molecular formula is C22H22N4O5S2. The van der Waals surface area contributed by atoms with Crippen LogP contribution in [0.25, 0.3) is 15.3 Å². The first-order chi connectivity index (χ1) is 15.8. The zero-order valence-electron chi connectivity index (χ0n) is 18.2. The molecule has 0 aliphatic carbocycles. The third-order valence-electron chi connectivity index (χ3n) is 4.69. The second kappa shape index (κ2) is 9.20. The van der Waals surface area contributed by atoms with Gasteiger partial charge in [0, 0.05) is 6.07 Å². The number of amides is 1. The third kappa shape index (κ3) is 4.83. The summed E-state index contributed by atoms with van der Waals surface area (Å²) in [7, 11) is -2.34. The van der Waals surface area contributed by atoms with E-state index < -0.39 is 21.5 Å². The van der Waals surface area contributed by atoms with Crippen LogP contribution in [-0.4, -0.2) is 48.6 Å². The van der Waals surface area contributed by atoms with Gasteiger partial charge in [0.2, 0.25) is 11.0 Å². The number of sulfone groups is 1. The normalized spacial score (nSPS) is 11.5. The monoisotopic (exact) mass is 486 g/mol. The van der Waals surface area contributed by atoms with Gasteiger partial charge in [-0.1, -0.05) is 17.4 Å². The predicted octanol–water partition coefficient (Wildman–Crippen LogP) is 3.61. The fraction of sp³-hybridized carbons (Fsp3) is 0.227. The molecule has 33 heavy (non-hydrogen) atoms. The minimum atomic E-state index is -3.83. The van der Waals surface area contributed by atoms with Gasteiger partial charge in [0.15, 0.2) is 9.84 Å². The molecule has 172 valence electrons. The Morgan fingerprint density at radius 2 is 1.94 bits per heavy atom. The molecule has 0 spiro atoms. The lowest BCUT2D eigenvalue weighted by Gasteiger charge is -2.08. The molecule has 1 amide bonds. The van der Waals surface area contributed by atoms with Crippen molar-refractivity contribution in [2.75, 3.05) is 24.8 Å². The number of methoxy groups -OCH3 is 1. The van der Waals surface area contributed by atoms with E-state index in [1.807, 2.05) is 25.1 Å². The summed E-state index contributed by atoms with van der Waals surface area (Å²) in [6.45, 7) is 4.19. The zero-order chi connectivity index (χ0) is 23.6. The van der Waals surface area contributed by atoms with Crippen molar-refractivity contribution in [3.05, 3.63) is 54.2 Å². The quantitative estimate of drug-likeness (QED) is 0.405. The minimum Gasteiger partial charge on any atom is -0.497 e. The van der Waals surface area contributed by atoms with Crippen LogP contribution in [-0.2, 0) is 14.6 Å². The Hall–Kier alpha value is -3.44. The van der Waals surface area contributed by atoms with Crippen LogP contribution in [0.2, 0.25) is 0 Å². The molecule has 0 fully saturated rings. The van der Waals surface area contributed by atoms with Crippen molar-refractivity contribution >= 4 is 43.1 Å². The summed E-state index contributed by atoms with van der Waals surface area (Å²) in [5.74, 6) is 0.138. The van der Waals surface area contributed by atoms with Crippen LogP contribution in [0.3, 0.4) is 0 Å². The fourth-order valence-corrected chi connectivity index (χ4v) is 5.31. The molecule has 4 rings (SSSR count). The van der Waals surface area contributed by atoms with E-state index in [4.69, 9.17) is 9.47 Å². The van der Waals surface area contributed by atoms with Crippen molar-refractivity contribution in [2.24, 2.45) is 0 Å². The number of aromatic nitrogens is 3. The number of carbonyl (C=O) groups is 1. The molecule has 2 aromatic heterocycles. The number of aryl methyl sites for hydroxylation is 1. The van der Waals surface area contributed by atoms with Crippen LogP contribution in [0, 0.1) is 6.92 Å². The number of nitrogens with zero attached hydrogens (tertiary/aromatic N) is 3. The highest BCUT2D eigenvalue weighted by molar-refractivity contribution is 7.92. The molecule has 0 aliphatic heterocycles. The lowest BCUT2D eigenvalue weighted by molar-refractivity contribution is -0.113. The summed E-state index contributed by atoms with van der Waals surface area (Å²) >= 11 is 1.39. The highest BCUT2D eigenvalue weighted by Gasteiger charge is 2.22. The molecule has 9 nitrogen and oxygen atoms in total. The Bertz CT molecular complexity index is 1410. The lowest BCUT2D eigenvalue weighted by atomic mass is 10.3. The van der Waals surface area contributed by atoms with Crippen molar-refractivity contribution in [1.29, 1.82) is 0 Å². The second-order valence-electron chi connectivity index (χ2n) is 7.10. The highest BCUT2D eigenvalue weighted by Crippen LogP contribution is 2.32. The average Bonchev–Trinajstić information content (AvgIpc) is 3.37. The average molecular weight is 487 g/mol. The molecule has 4 aromatic rings. The van der Waals surface area contributed by atoms with E-state index in [1.54, 1.807) is 13.0 Å². The van der Waals surface area contributed by atoms with E-state index in [-0.39, 0.29) is 4.90 Å². The van der Waals surface area contributed by atoms with Gasteiger partial charge in [0.05, 0.1) is 29.0 Å². The molecule has 0 radical (unpaired) electrons. The van der Waals surface area contributed by atoms with Crippen LogP contribution in [0.15, 0.2) is 53.4 Å². The topological polar surface area (TPSA) is 112 Å². The summed E-state index contributed by atoms with van der Waals surface area (Å²) in [6.07, 6.45) is 0. The van der Waals surface area contributed by atoms with Crippen molar-refractivity contribution in [3.63, 3.8) is 0 Å². The number of rotatable bonds is 8. The molecule has 0 bridgehead atoms. The van der Waals surface area contributed by atoms with Crippen LogP contribution in [0.5, 0.6) is 11.5 Å². The van der Waals surface area contributed by atoms with Gasteiger partial charge in [-0.05, 0) is 50.2 Å². The van der Waals surface area contributed by atoms with Gasteiger partial charge >= 0.3 is 0 Å². The number of ether oxygens (including phenoxy) is 2. The molecule has 2 aromatic carbocycles. The van der Waals surface area contributed by atoms with E-state index >= 15 is 0 Å². The largest absolute Gasteiger partial charge is 0.497 e. The molecule has 0 saturated carbocycles. The van der Waals surface area contributed by atoms with Crippen molar-refractivity contribution in [1.82, 2.24) is 14.8 Å². The number of benzene rings is 2. The van der Waals surface area contributed by atoms with Crippen LogP contribution < -0.4 is 14.8 Å².